The van der Waals surface area contributed by atoms with Crippen LogP contribution in [0.15, 0.2) is 11.6 Å². The maximum Gasteiger partial charge on any atom is 0.195 e. The molecule has 0 bridgehead atoms. The van der Waals surface area contributed by atoms with Crippen LogP contribution in [-0.2, 0) is 6.54 Å². The average Bonchev–Trinajstić information content (AvgIpc) is 3.04. The number of thiazole rings is 1. The number of nitrogens with one attached hydrogen (secondary N) is 1. The number of piperidine rings is 1. The molecule has 0 aromatic carbocycles. The molecule has 3 heterocycles. The molecular formula is C15H22N4S. The summed E-state index contributed by atoms with van der Waals surface area (Å²) in [7, 11) is 0. The van der Waals surface area contributed by atoms with Crippen molar-refractivity contribution in [2.45, 2.75) is 45.2 Å². The van der Waals surface area contributed by atoms with Crippen molar-refractivity contribution in [2.24, 2.45) is 5.92 Å². The molecule has 108 valence electrons. The molecule has 4 rings (SSSR count). The van der Waals surface area contributed by atoms with Gasteiger partial charge in [0.1, 0.15) is 0 Å². The van der Waals surface area contributed by atoms with E-state index < -0.39 is 0 Å². The molecule has 5 heteroatoms. The lowest BCUT2D eigenvalue weighted by molar-refractivity contribution is 0.444. The van der Waals surface area contributed by atoms with Crippen LogP contribution in [0.2, 0.25) is 0 Å². The summed E-state index contributed by atoms with van der Waals surface area (Å²) in [6.07, 6.45) is 7.48. The molecule has 0 radical (unpaired) electrons. The Morgan fingerprint density at radius 2 is 2.30 bits per heavy atom. The Morgan fingerprint density at radius 1 is 1.40 bits per heavy atom. The van der Waals surface area contributed by atoms with Crippen molar-refractivity contribution >= 4 is 22.1 Å². The van der Waals surface area contributed by atoms with Crippen molar-refractivity contribution in [1.29, 1.82) is 0 Å². The van der Waals surface area contributed by atoms with Crippen LogP contribution in [0.5, 0.6) is 0 Å². The minimum absolute atomic E-state index is 0.743. The van der Waals surface area contributed by atoms with Gasteiger partial charge in [0.2, 0.25) is 0 Å². The van der Waals surface area contributed by atoms with Crippen LogP contribution in [0.25, 0.3) is 4.96 Å². The van der Waals surface area contributed by atoms with Crippen LogP contribution in [-0.4, -0.2) is 28.5 Å². The van der Waals surface area contributed by atoms with Gasteiger partial charge in [-0.1, -0.05) is 6.92 Å². The number of hydrogen-bond donors (Lipinski definition) is 1. The monoisotopic (exact) mass is 290 g/mol. The normalized spacial score (nSPS) is 23.6. The topological polar surface area (TPSA) is 32.6 Å². The fraction of sp³-hybridized carbons (Fsp3) is 0.667. The van der Waals surface area contributed by atoms with Crippen LogP contribution in [0.4, 0.5) is 5.82 Å². The van der Waals surface area contributed by atoms with Gasteiger partial charge in [-0.05, 0) is 31.6 Å². The SMILES string of the molecule is CC1CCCN(c2nc3sccn3c2CNC2CC2)C1. The molecule has 1 unspecified atom stereocenters. The average molecular weight is 290 g/mol. The van der Waals surface area contributed by atoms with Gasteiger partial charge in [0.15, 0.2) is 10.8 Å². The highest BCUT2D eigenvalue weighted by molar-refractivity contribution is 7.15. The molecule has 4 nitrogen and oxygen atoms in total. The fourth-order valence-electron chi connectivity index (χ4n) is 3.15. The minimum atomic E-state index is 0.743. The van der Waals surface area contributed by atoms with Gasteiger partial charge >= 0.3 is 0 Å². The zero-order valence-electron chi connectivity index (χ0n) is 12.0. The Kier molecular flexibility index (Phi) is 3.19. The van der Waals surface area contributed by atoms with Crippen LogP contribution >= 0.6 is 11.3 Å². The Balaban J connectivity index is 1.65. The van der Waals surface area contributed by atoms with Crippen molar-refractivity contribution in [2.75, 3.05) is 18.0 Å². The molecular weight excluding hydrogens is 268 g/mol. The molecule has 0 amide bonds. The first kappa shape index (κ1) is 12.7. The van der Waals surface area contributed by atoms with E-state index in [1.165, 1.54) is 37.2 Å². The number of fused-ring (bicyclic) bond motifs is 1. The maximum atomic E-state index is 4.90. The second kappa shape index (κ2) is 5.04. The standard InChI is InChI=1S/C15H22N4S/c1-11-3-2-6-18(10-11)14-13(9-16-12-4-5-12)19-7-8-20-15(19)17-14/h7-8,11-12,16H,2-6,9-10H2,1H3. The summed E-state index contributed by atoms with van der Waals surface area (Å²) < 4.78 is 2.27. The number of imidazole rings is 1. The Labute approximate surface area is 123 Å². The van der Waals surface area contributed by atoms with E-state index in [0.717, 1.165) is 36.6 Å². The van der Waals surface area contributed by atoms with E-state index in [-0.39, 0.29) is 0 Å². The van der Waals surface area contributed by atoms with Crippen LogP contribution < -0.4 is 10.2 Å². The highest BCUT2D eigenvalue weighted by atomic mass is 32.1. The van der Waals surface area contributed by atoms with Crippen molar-refractivity contribution in [3.63, 3.8) is 0 Å². The Bertz CT molecular complexity index is 598. The molecule has 20 heavy (non-hydrogen) atoms. The minimum Gasteiger partial charge on any atom is -0.355 e. The molecule has 2 aromatic rings. The molecule has 1 saturated carbocycles. The summed E-state index contributed by atoms with van der Waals surface area (Å²) >= 11 is 1.73. The van der Waals surface area contributed by atoms with E-state index in [2.05, 4.69) is 33.1 Å². The lowest BCUT2D eigenvalue weighted by Crippen LogP contribution is -2.35. The number of aromatic nitrogens is 2. The highest BCUT2D eigenvalue weighted by Gasteiger charge is 2.25. The first-order valence-electron chi connectivity index (χ1n) is 7.74. The van der Waals surface area contributed by atoms with Crippen molar-refractivity contribution < 1.29 is 0 Å². The van der Waals surface area contributed by atoms with Gasteiger partial charge < -0.3 is 10.2 Å². The van der Waals surface area contributed by atoms with E-state index in [1.807, 2.05) is 0 Å². The predicted molar refractivity (Wildman–Crippen MR) is 83.5 cm³/mol. The Morgan fingerprint density at radius 3 is 3.10 bits per heavy atom. The third kappa shape index (κ3) is 2.33. The third-order valence-electron chi connectivity index (χ3n) is 4.43. The van der Waals surface area contributed by atoms with E-state index >= 15 is 0 Å². The molecule has 1 N–H and O–H groups in total. The van der Waals surface area contributed by atoms with Crippen molar-refractivity contribution in [3.05, 3.63) is 17.3 Å². The van der Waals surface area contributed by atoms with Gasteiger partial charge in [-0.3, -0.25) is 4.40 Å². The first-order chi connectivity index (χ1) is 9.81. The fourth-order valence-corrected chi connectivity index (χ4v) is 3.88. The van der Waals surface area contributed by atoms with Gasteiger partial charge in [0, 0.05) is 37.3 Å². The van der Waals surface area contributed by atoms with E-state index in [9.17, 15) is 0 Å². The van der Waals surface area contributed by atoms with Gasteiger partial charge in [0.05, 0.1) is 5.69 Å². The predicted octanol–water partition coefficient (Wildman–Crippen LogP) is 2.88. The molecule has 1 aliphatic heterocycles. The van der Waals surface area contributed by atoms with E-state index in [1.54, 1.807) is 11.3 Å². The smallest absolute Gasteiger partial charge is 0.195 e. The summed E-state index contributed by atoms with van der Waals surface area (Å²) in [5.41, 5.74) is 1.35. The molecule has 2 fully saturated rings. The lowest BCUT2D eigenvalue weighted by atomic mass is 10.0. The third-order valence-corrected chi connectivity index (χ3v) is 5.19. The number of anilines is 1. The molecule has 2 aromatic heterocycles. The summed E-state index contributed by atoms with van der Waals surface area (Å²) in [5, 5.41) is 5.78. The summed E-state index contributed by atoms with van der Waals surface area (Å²) in [6, 6.07) is 0.743. The van der Waals surface area contributed by atoms with Gasteiger partial charge in [-0.15, -0.1) is 11.3 Å². The summed E-state index contributed by atoms with van der Waals surface area (Å²) in [6.45, 7) is 5.61. The summed E-state index contributed by atoms with van der Waals surface area (Å²) in [4.78, 5) is 8.52. The van der Waals surface area contributed by atoms with E-state index in [0.29, 0.717) is 0 Å². The zero-order chi connectivity index (χ0) is 13.5. The van der Waals surface area contributed by atoms with Crippen molar-refractivity contribution in [1.82, 2.24) is 14.7 Å². The molecule has 2 aliphatic rings. The second-order valence-electron chi connectivity index (χ2n) is 6.29. The number of nitrogens with zero attached hydrogens (tertiary/aromatic N) is 3. The maximum absolute atomic E-state index is 4.90. The van der Waals surface area contributed by atoms with Crippen LogP contribution in [0.1, 0.15) is 38.3 Å². The quantitative estimate of drug-likeness (QED) is 0.940. The highest BCUT2D eigenvalue weighted by Crippen LogP contribution is 2.29. The second-order valence-corrected chi connectivity index (χ2v) is 7.16. The van der Waals surface area contributed by atoms with Crippen LogP contribution in [0.3, 0.4) is 0 Å². The van der Waals surface area contributed by atoms with Gasteiger partial charge in [0.25, 0.3) is 0 Å². The first-order valence-corrected chi connectivity index (χ1v) is 8.62. The van der Waals surface area contributed by atoms with Crippen LogP contribution in [0, 0.1) is 5.92 Å². The molecule has 1 aliphatic carbocycles. The van der Waals surface area contributed by atoms with Gasteiger partial charge in [-0.2, -0.15) is 0 Å². The van der Waals surface area contributed by atoms with Crippen molar-refractivity contribution in [3.8, 4) is 0 Å². The number of hydrogen-bond acceptors (Lipinski definition) is 4. The van der Waals surface area contributed by atoms with Gasteiger partial charge in [-0.25, -0.2) is 4.98 Å². The Hall–Kier alpha value is -1.07. The molecule has 1 atom stereocenters. The number of rotatable bonds is 4. The zero-order valence-corrected chi connectivity index (χ0v) is 12.8. The summed E-state index contributed by atoms with van der Waals surface area (Å²) in [5.74, 6) is 2.00. The van der Waals surface area contributed by atoms with E-state index in [4.69, 9.17) is 4.98 Å². The largest absolute Gasteiger partial charge is 0.355 e. The molecule has 1 saturated heterocycles. The molecule has 0 spiro atoms. The lowest BCUT2D eigenvalue weighted by Gasteiger charge is -2.31.